The molecule has 6 heteroatoms. The predicted molar refractivity (Wildman–Crippen MR) is 80.4 cm³/mol. The van der Waals surface area contributed by atoms with Gasteiger partial charge in [0.25, 0.3) is 5.91 Å². The van der Waals surface area contributed by atoms with Gasteiger partial charge >= 0.3 is 7.12 Å². The summed E-state index contributed by atoms with van der Waals surface area (Å²) in [5.41, 5.74) is 1.62. The van der Waals surface area contributed by atoms with Crippen LogP contribution in [0.5, 0.6) is 5.75 Å². The third kappa shape index (κ3) is 3.84. The summed E-state index contributed by atoms with van der Waals surface area (Å²) in [5, 5.41) is 21.2. The van der Waals surface area contributed by atoms with E-state index in [0.29, 0.717) is 12.1 Å². The molecule has 0 aliphatic carbocycles. The minimum atomic E-state index is -1.64. The van der Waals surface area contributed by atoms with E-state index in [9.17, 15) is 14.8 Å². The molecule has 1 amide bonds. The predicted octanol–water partition coefficient (Wildman–Crippen LogP) is 0.305. The van der Waals surface area contributed by atoms with Crippen molar-refractivity contribution in [2.45, 2.75) is 6.54 Å². The molecule has 5 nitrogen and oxygen atoms in total. The Morgan fingerprint density at radius 3 is 2.52 bits per heavy atom. The highest BCUT2D eigenvalue weighted by molar-refractivity contribution is 6.59. The first-order chi connectivity index (χ1) is 10.1. The number of benzene rings is 2. The van der Waals surface area contributed by atoms with Gasteiger partial charge in [0.1, 0.15) is 5.75 Å². The standard InChI is InChI=1S/C15H16BNO4/c1-21-14-9-12(7-8-13(14)16(19)20)15(18)17-10-11-5-3-2-4-6-11/h2-9,19-20H,10H2,1H3,(H,17,18). The monoisotopic (exact) mass is 285 g/mol. The summed E-state index contributed by atoms with van der Waals surface area (Å²) in [4.78, 5) is 12.1. The van der Waals surface area contributed by atoms with Gasteiger partial charge in [-0.25, -0.2) is 0 Å². The van der Waals surface area contributed by atoms with Gasteiger partial charge in [0.2, 0.25) is 0 Å². The fourth-order valence-electron chi connectivity index (χ4n) is 1.95. The van der Waals surface area contributed by atoms with Crippen molar-refractivity contribution in [3.63, 3.8) is 0 Å². The average Bonchev–Trinajstić information content (AvgIpc) is 2.52. The van der Waals surface area contributed by atoms with Crippen molar-refractivity contribution in [3.8, 4) is 5.75 Å². The SMILES string of the molecule is COc1cc(C(=O)NCc2ccccc2)ccc1B(O)O. The summed E-state index contributed by atoms with van der Waals surface area (Å²) < 4.78 is 5.06. The molecule has 0 saturated carbocycles. The van der Waals surface area contributed by atoms with Gasteiger partial charge in [-0.2, -0.15) is 0 Å². The molecule has 0 unspecified atom stereocenters. The van der Waals surface area contributed by atoms with Gasteiger partial charge in [-0.1, -0.05) is 36.4 Å². The maximum atomic E-state index is 12.1. The van der Waals surface area contributed by atoms with Crippen LogP contribution in [0.4, 0.5) is 0 Å². The topological polar surface area (TPSA) is 78.8 Å². The maximum Gasteiger partial charge on any atom is 0.492 e. The number of rotatable bonds is 5. The van der Waals surface area contributed by atoms with Crippen LogP contribution in [0.2, 0.25) is 0 Å². The highest BCUT2D eigenvalue weighted by Gasteiger charge is 2.18. The molecular weight excluding hydrogens is 269 g/mol. The fourth-order valence-corrected chi connectivity index (χ4v) is 1.95. The molecule has 0 heterocycles. The van der Waals surface area contributed by atoms with Crippen LogP contribution in [0.25, 0.3) is 0 Å². The lowest BCUT2D eigenvalue weighted by molar-refractivity contribution is 0.0950. The number of methoxy groups -OCH3 is 1. The molecule has 3 N–H and O–H groups in total. The van der Waals surface area contributed by atoms with E-state index in [1.54, 1.807) is 0 Å². The van der Waals surface area contributed by atoms with E-state index in [0.717, 1.165) is 5.56 Å². The average molecular weight is 285 g/mol. The largest absolute Gasteiger partial charge is 0.497 e. The van der Waals surface area contributed by atoms with Crippen molar-refractivity contribution in [2.75, 3.05) is 7.11 Å². The van der Waals surface area contributed by atoms with E-state index in [-0.39, 0.29) is 17.1 Å². The van der Waals surface area contributed by atoms with Gasteiger partial charge in [0, 0.05) is 17.6 Å². The number of amides is 1. The fraction of sp³-hybridized carbons (Fsp3) is 0.133. The zero-order chi connectivity index (χ0) is 15.2. The summed E-state index contributed by atoms with van der Waals surface area (Å²) in [7, 11) is -0.228. The van der Waals surface area contributed by atoms with Gasteiger partial charge in [-0.15, -0.1) is 0 Å². The van der Waals surface area contributed by atoms with Crippen molar-refractivity contribution < 1.29 is 19.6 Å². The molecule has 0 spiro atoms. The number of ether oxygens (including phenoxy) is 1. The molecule has 0 aliphatic heterocycles. The second-order valence-corrected chi connectivity index (χ2v) is 4.50. The molecule has 0 aliphatic rings. The van der Waals surface area contributed by atoms with Crippen LogP contribution in [-0.4, -0.2) is 30.2 Å². The Labute approximate surface area is 123 Å². The molecule has 0 atom stereocenters. The minimum Gasteiger partial charge on any atom is -0.497 e. The van der Waals surface area contributed by atoms with E-state index in [1.807, 2.05) is 30.3 Å². The Morgan fingerprint density at radius 2 is 1.90 bits per heavy atom. The van der Waals surface area contributed by atoms with E-state index in [2.05, 4.69) is 5.32 Å². The molecule has 0 fully saturated rings. The Kier molecular flexibility index (Phi) is 4.97. The van der Waals surface area contributed by atoms with Gasteiger partial charge in [-0.3, -0.25) is 4.79 Å². The first-order valence-corrected chi connectivity index (χ1v) is 6.48. The second kappa shape index (κ2) is 6.92. The Morgan fingerprint density at radius 1 is 1.19 bits per heavy atom. The lowest BCUT2D eigenvalue weighted by Gasteiger charge is -2.10. The van der Waals surface area contributed by atoms with Gasteiger partial charge in [-0.05, 0) is 17.7 Å². The molecule has 2 rings (SSSR count). The Balaban J connectivity index is 2.09. The molecule has 2 aromatic rings. The van der Waals surface area contributed by atoms with Crippen LogP contribution in [0.15, 0.2) is 48.5 Å². The summed E-state index contributed by atoms with van der Waals surface area (Å²) in [6.07, 6.45) is 0. The minimum absolute atomic E-state index is 0.220. The van der Waals surface area contributed by atoms with Crippen molar-refractivity contribution in [1.82, 2.24) is 5.32 Å². The molecule has 21 heavy (non-hydrogen) atoms. The van der Waals surface area contributed by atoms with Gasteiger partial charge in [0.05, 0.1) is 7.11 Å². The van der Waals surface area contributed by atoms with Crippen molar-refractivity contribution in [1.29, 1.82) is 0 Å². The summed E-state index contributed by atoms with van der Waals surface area (Å²) in [6, 6.07) is 14.0. The molecule has 2 aromatic carbocycles. The summed E-state index contributed by atoms with van der Waals surface area (Å²) in [6.45, 7) is 0.423. The van der Waals surface area contributed by atoms with Crippen LogP contribution in [0.1, 0.15) is 15.9 Å². The summed E-state index contributed by atoms with van der Waals surface area (Å²) >= 11 is 0. The first kappa shape index (κ1) is 15.1. The van der Waals surface area contributed by atoms with E-state index in [4.69, 9.17) is 4.74 Å². The van der Waals surface area contributed by atoms with E-state index >= 15 is 0 Å². The number of carbonyl (C=O) groups excluding carboxylic acids is 1. The van der Waals surface area contributed by atoms with E-state index < -0.39 is 7.12 Å². The molecule has 0 saturated heterocycles. The highest BCUT2D eigenvalue weighted by atomic mass is 16.5. The third-order valence-corrected chi connectivity index (χ3v) is 3.07. The molecular formula is C15H16BNO4. The maximum absolute atomic E-state index is 12.1. The number of carbonyl (C=O) groups is 1. The zero-order valence-electron chi connectivity index (χ0n) is 11.6. The lowest BCUT2D eigenvalue weighted by Crippen LogP contribution is -2.32. The second-order valence-electron chi connectivity index (χ2n) is 4.50. The molecule has 0 bridgehead atoms. The molecule has 0 radical (unpaired) electrons. The first-order valence-electron chi connectivity index (χ1n) is 6.48. The quantitative estimate of drug-likeness (QED) is 0.691. The molecule has 0 aromatic heterocycles. The number of hydrogen-bond donors (Lipinski definition) is 3. The normalized spacial score (nSPS) is 10.0. The Bertz CT molecular complexity index is 616. The number of hydrogen-bond acceptors (Lipinski definition) is 4. The van der Waals surface area contributed by atoms with Crippen LogP contribution in [0, 0.1) is 0 Å². The number of nitrogens with one attached hydrogen (secondary N) is 1. The zero-order valence-corrected chi connectivity index (χ0v) is 11.6. The van der Waals surface area contributed by atoms with E-state index in [1.165, 1.54) is 25.3 Å². The summed E-state index contributed by atoms with van der Waals surface area (Å²) in [5.74, 6) is 0.00786. The highest BCUT2D eigenvalue weighted by Crippen LogP contribution is 2.11. The van der Waals surface area contributed by atoms with Crippen LogP contribution in [-0.2, 0) is 6.54 Å². The molecule has 108 valence electrons. The van der Waals surface area contributed by atoms with Crippen molar-refractivity contribution in [3.05, 3.63) is 59.7 Å². The van der Waals surface area contributed by atoms with Crippen LogP contribution >= 0.6 is 0 Å². The third-order valence-electron chi connectivity index (χ3n) is 3.07. The van der Waals surface area contributed by atoms with Gasteiger partial charge in [0.15, 0.2) is 0 Å². The lowest BCUT2D eigenvalue weighted by atomic mass is 9.79. The van der Waals surface area contributed by atoms with Crippen molar-refractivity contribution >= 4 is 18.5 Å². The smallest absolute Gasteiger partial charge is 0.492 e. The van der Waals surface area contributed by atoms with Gasteiger partial charge < -0.3 is 20.1 Å². The Hall–Kier alpha value is -2.31. The van der Waals surface area contributed by atoms with Crippen molar-refractivity contribution in [2.24, 2.45) is 0 Å². The van der Waals surface area contributed by atoms with Crippen LogP contribution in [0.3, 0.4) is 0 Å². The van der Waals surface area contributed by atoms with Crippen LogP contribution < -0.4 is 15.5 Å².